The average molecular weight is 411 g/mol. The minimum absolute atomic E-state index is 0. The van der Waals surface area contributed by atoms with Gasteiger partial charge in [0.25, 0.3) is 0 Å². The topological polar surface area (TPSA) is 119 Å². The Hall–Kier alpha value is -1.27. The number of hydrogen-bond donors (Lipinski definition) is 1. The summed E-state index contributed by atoms with van der Waals surface area (Å²) in [5.41, 5.74) is 0. The van der Waals surface area contributed by atoms with Gasteiger partial charge in [0.15, 0.2) is 18.9 Å². The van der Waals surface area contributed by atoms with Crippen molar-refractivity contribution >= 4 is 18.9 Å². The van der Waals surface area contributed by atoms with Gasteiger partial charge in [-0.25, -0.2) is 0 Å². The van der Waals surface area contributed by atoms with Crippen LogP contribution in [0.5, 0.6) is 0 Å². The van der Waals surface area contributed by atoms with E-state index in [1.54, 1.807) is 14.0 Å². The third-order valence-electron chi connectivity index (χ3n) is 3.48. The van der Waals surface area contributed by atoms with Crippen LogP contribution in [0.1, 0.15) is 21.3 Å². The third-order valence-corrected chi connectivity index (χ3v) is 3.48. The molecule has 0 aliphatic rings. The second-order valence-electron chi connectivity index (χ2n) is 5.33. The Morgan fingerprint density at radius 3 is 1.50 bits per heavy atom. The molecule has 2 unspecified atom stereocenters. The molecule has 0 rings (SSSR count). The van der Waals surface area contributed by atoms with Crippen molar-refractivity contribution in [2.24, 2.45) is 0 Å². The van der Waals surface area contributed by atoms with E-state index in [0.29, 0.717) is 25.4 Å². The zero-order chi connectivity index (χ0) is 21.2. The summed E-state index contributed by atoms with van der Waals surface area (Å²) < 4.78 is 29.7. The molecule has 6 atom stereocenters. The molecular formula is C18H37NO9. The lowest BCUT2D eigenvalue weighted by Gasteiger charge is -2.24. The number of likely N-dealkylation sites (N-methyl/N-ethyl adjacent to an activating group) is 1. The number of methoxy groups -OCH3 is 4. The van der Waals surface area contributed by atoms with Crippen LogP contribution in [0.2, 0.25) is 0 Å². The van der Waals surface area contributed by atoms with E-state index in [4.69, 9.17) is 23.7 Å². The van der Waals surface area contributed by atoms with E-state index in [1.807, 2.05) is 14.0 Å². The molecule has 0 aromatic rings. The zero-order valence-electron chi connectivity index (χ0n) is 17.1. The minimum Gasteiger partial charge on any atom is -0.377 e. The van der Waals surface area contributed by atoms with Crippen molar-refractivity contribution in [1.82, 2.24) is 5.32 Å². The van der Waals surface area contributed by atoms with Gasteiger partial charge in [-0.1, -0.05) is 7.43 Å². The van der Waals surface area contributed by atoms with E-state index in [1.165, 1.54) is 21.3 Å². The van der Waals surface area contributed by atoms with Crippen LogP contribution in [-0.4, -0.2) is 97.9 Å². The molecule has 28 heavy (non-hydrogen) atoms. The zero-order valence-corrected chi connectivity index (χ0v) is 17.1. The predicted octanol–water partition coefficient (Wildman–Crippen LogP) is 0.210. The molecule has 0 heterocycles. The van der Waals surface area contributed by atoms with E-state index in [0.717, 1.165) is 0 Å². The number of carbonyl (C=O) groups excluding carboxylic acids is 3. The first-order valence-electron chi connectivity index (χ1n) is 8.31. The normalized spacial score (nSPS) is 16.8. The van der Waals surface area contributed by atoms with Crippen LogP contribution in [0, 0.1) is 0 Å². The molecule has 0 spiro atoms. The molecule has 1 N–H and O–H groups in total. The second-order valence-corrected chi connectivity index (χ2v) is 5.33. The molecule has 0 fully saturated rings. The van der Waals surface area contributed by atoms with Crippen molar-refractivity contribution in [2.75, 3.05) is 42.0 Å². The van der Waals surface area contributed by atoms with E-state index in [2.05, 4.69) is 10.1 Å². The lowest BCUT2D eigenvalue weighted by atomic mass is 10.2. The van der Waals surface area contributed by atoms with Crippen LogP contribution in [0.15, 0.2) is 0 Å². The quantitative estimate of drug-likeness (QED) is 0.296. The second kappa shape index (κ2) is 20.5. The first-order chi connectivity index (χ1) is 12.9. The highest BCUT2D eigenvalue weighted by molar-refractivity contribution is 5.57. The molecule has 0 radical (unpaired) electrons. The maximum atomic E-state index is 10.4. The number of carbonyl (C=O) groups is 3. The minimum atomic E-state index is -0.951. The van der Waals surface area contributed by atoms with Crippen LogP contribution >= 0.6 is 0 Å². The van der Waals surface area contributed by atoms with E-state index >= 15 is 0 Å². The lowest BCUT2D eigenvalue weighted by Crippen LogP contribution is -2.39. The fraction of sp³-hybridized carbons (Fsp3) is 0.833. The van der Waals surface area contributed by atoms with Crippen molar-refractivity contribution < 1.29 is 42.8 Å². The molecule has 0 aromatic heterocycles. The Morgan fingerprint density at radius 2 is 1.21 bits per heavy atom. The van der Waals surface area contributed by atoms with Crippen molar-refractivity contribution in [2.45, 2.75) is 58.3 Å². The number of aldehydes is 3. The average Bonchev–Trinajstić information content (AvgIpc) is 2.69. The van der Waals surface area contributed by atoms with Gasteiger partial charge in [-0.05, 0) is 20.9 Å². The van der Waals surface area contributed by atoms with Crippen molar-refractivity contribution in [3.05, 3.63) is 0 Å². The summed E-state index contributed by atoms with van der Waals surface area (Å²) in [6.45, 7) is 4.12. The number of nitrogens with one attached hydrogen (secondary N) is 1. The van der Waals surface area contributed by atoms with Crippen LogP contribution in [0.3, 0.4) is 0 Å². The monoisotopic (exact) mass is 411 g/mol. The first kappa shape index (κ1) is 31.4. The molecular weight excluding hydrogens is 374 g/mol. The van der Waals surface area contributed by atoms with Crippen molar-refractivity contribution in [3.63, 3.8) is 0 Å². The molecule has 0 aliphatic heterocycles. The van der Waals surface area contributed by atoms with Gasteiger partial charge in [-0.2, -0.15) is 0 Å². The number of hydrogen-bond acceptors (Lipinski definition) is 10. The van der Waals surface area contributed by atoms with Gasteiger partial charge in [-0.15, -0.1) is 0 Å². The number of ether oxygens (including phenoxy) is 6. The maximum absolute atomic E-state index is 10.4. The largest absolute Gasteiger partial charge is 0.377 e. The summed E-state index contributed by atoms with van der Waals surface area (Å²) in [6.07, 6.45) is -1.54. The Kier molecular flexibility index (Phi) is 23.0. The fourth-order valence-corrected chi connectivity index (χ4v) is 1.87. The van der Waals surface area contributed by atoms with Crippen LogP contribution in [0.4, 0.5) is 0 Å². The van der Waals surface area contributed by atoms with Gasteiger partial charge in [0.05, 0.1) is 18.3 Å². The van der Waals surface area contributed by atoms with Gasteiger partial charge >= 0.3 is 0 Å². The summed E-state index contributed by atoms with van der Waals surface area (Å²) in [4.78, 5) is 31.1. The summed E-state index contributed by atoms with van der Waals surface area (Å²) >= 11 is 0. The Labute approximate surface area is 168 Å². The van der Waals surface area contributed by atoms with E-state index in [-0.39, 0.29) is 19.6 Å². The predicted molar refractivity (Wildman–Crippen MR) is 103 cm³/mol. The highest BCUT2D eigenvalue weighted by Gasteiger charge is 2.21. The molecule has 0 saturated heterocycles. The highest BCUT2D eigenvalue weighted by Crippen LogP contribution is 2.05. The van der Waals surface area contributed by atoms with Gasteiger partial charge in [-0.3, -0.25) is 9.59 Å². The molecule has 0 aromatic carbocycles. The van der Waals surface area contributed by atoms with Crippen LogP contribution < -0.4 is 5.32 Å². The standard InChI is InChI=1S/C9H19NO4.C8H14O5.CH4/c1-7(8(12-3)5-10-2)14-9(6-11)13-4;1-6(7(4-9)11-2)13-8(5-10)12-3;/h6-10H,5H2,1-4H3;4-8H,1-3H3;1H4/t7?,8-,9+;6?,7-,8+;/m11./s1. The van der Waals surface area contributed by atoms with E-state index in [9.17, 15) is 14.4 Å². The molecule has 0 amide bonds. The van der Waals surface area contributed by atoms with Crippen LogP contribution in [-0.2, 0) is 42.8 Å². The van der Waals surface area contributed by atoms with Gasteiger partial charge in [0.1, 0.15) is 6.10 Å². The smallest absolute Gasteiger partial charge is 0.214 e. The first-order valence-corrected chi connectivity index (χ1v) is 8.31. The molecule has 0 saturated carbocycles. The molecule has 0 aliphatic carbocycles. The molecule has 10 heteroatoms. The molecule has 10 nitrogen and oxygen atoms in total. The summed E-state index contributed by atoms with van der Waals surface area (Å²) in [5, 5.41) is 2.97. The Balaban J connectivity index is -0.000000432. The van der Waals surface area contributed by atoms with Gasteiger partial charge in [0, 0.05) is 35.0 Å². The Morgan fingerprint density at radius 1 is 0.750 bits per heavy atom. The third kappa shape index (κ3) is 13.8. The van der Waals surface area contributed by atoms with Crippen LogP contribution in [0.25, 0.3) is 0 Å². The van der Waals surface area contributed by atoms with Gasteiger partial charge < -0.3 is 38.5 Å². The van der Waals surface area contributed by atoms with Crippen molar-refractivity contribution in [1.29, 1.82) is 0 Å². The fourth-order valence-electron chi connectivity index (χ4n) is 1.87. The highest BCUT2D eigenvalue weighted by atomic mass is 16.7. The SMILES string of the molecule is C.CNC[C@@H](OC)C(C)O[C@@H](C=O)OC.CO[C@H](C=O)OC(C)[C@@H](C=O)OC. The molecule has 168 valence electrons. The van der Waals surface area contributed by atoms with E-state index < -0.39 is 24.8 Å². The lowest BCUT2D eigenvalue weighted by molar-refractivity contribution is -0.177. The van der Waals surface area contributed by atoms with Gasteiger partial charge in [0.2, 0.25) is 12.6 Å². The van der Waals surface area contributed by atoms with Crippen molar-refractivity contribution in [3.8, 4) is 0 Å². The summed E-state index contributed by atoms with van der Waals surface area (Å²) in [5.74, 6) is 0. The Bertz CT molecular complexity index is 384. The number of rotatable bonds is 15. The molecule has 0 bridgehead atoms. The maximum Gasteiger partial charge on any atom is 0.214 e. The summed E-state index contributed by atoms with van der Waals surface area (Å²) in [6, 6.07) is 0. The summed E-state index contributed by atoms with van der Waals surface area (Å²) in [7, 11) is 7.58.